The zero-order chi connectivity index (χ0) is 39.5. The molecular formula is C41H49NO12. The lowest BCUT2D eigenvalue weighted by Crippen LogP contribution is -2.81. The average molecular weight is 748 g/mol. The van der Waals surface area contributed by atoms with E-state index in [2.05, 4.69) is 5.32 Å². The molecule has 4 aliphatic rings. The van der Waals surface area contributed by atoms with Gasteiger partial charge in [-0.15, -0.1) is 0 Å². The number of rotatable bonds is 8. The predicted octanol–water partition coefficient (Wildman–Crippen LogP) is 2.19. The molecule has 1 aliphatic heterocycles. The summed E-state index contributed by atoms with van der Waals surface area (Å²) in [6.07, 6.45) is -8.66. The van der Waals surface area contributed by atoms with Crippen molar-refractivity contribution in [1.82, 2.24) is 5.32 Å². The molecule has 11 atom stereocenters. The van der Waals surface area contributed by atoms with Crippen molar-refractivity contribution in [2.45, 2.75) is 108 Å². The lowest BCUT2D eigenvalue weighted by molar-refractivity contribution is -0.343. The van der Waals surface area contributed by atoms with Crippen molar-refractivity contribution in [2.75, 3.05) is 6.61 Å². The monoisotopic (exact) mass is 747 g/mol. The number of nitrogens with one attached hydrogen (secondary N) is 1. The van der Waals surface area contributed by atoms with E-state index in [-0.39, 0.29) is 35.3 Å². The molecule has 2 saturated carbocycles. The topological polar surface area (TPSA) is 209 Å². The fraction of sp³-hybridized carbons (Fsp3) is 0.512. The van der Waals surface area contributed by atoms with Crippen LogP contribution in [0.5, 0.6) is 0 Å². The fourth-order valence-electron chi connectivity index (χ4n) is 9.13. The molecule has 13 nitrogen and oxygen atoms in total. The van der Waals surface area contributed by atoms with Gasteiger partial charge in [0.2, 0.25) is 0 Å². The number of benzene rings is 2. The SMILES string of the molecule is CC(C)=C[C@H](NC(=O)c1ccccc1)[C@@H](O)C(=O)OC1C[C@@]2(O)[C@@H](OC(=O)c3ccccc3)[C@@H]3[C@]4(O)CO[C@@H]4C[C@H](O)[C@@]3(C)C(=O)[C@H](O)C(=C1C)C2(C)C. The zero-order valence-corrected chi connectivity index (χ0v) is 31.2. The quantitative estimate of drug-likeness (QED) is 0.170. The van der Waals surface area contributed by atoms with Crippen LogP contribution >= 0.6 is 0 Å². The van der Waals surface area contributed by atoms with Gasteiger partial charge in [-0.05, 0) is 63.1 Å². The number of carbonyl (C=O) groups excluding carboxylic acids is 4. The van der Waals surface area contributed by atoms with Gasteiger partial charge in [0, 0.05) is 29.7 Å². The van der Waals surface area contributed by atoms with E-state index in [4.69, 9.17) is 14.2 Å². The summed E-state index contributed by atoms with van der Waals surface area (Å²) in [5, 5.41) is 63.1. The van der Waals surface area contributed by atoms with Crippen molar-refractivity contribution in [1.29, 1.82) is 0 Å². The van der Waals surface area contributed by atoms with Crippen LogP contribution in [0.2, 0.25) is 0 Å². The number of aliphatic hydroxyl groups excluding tert-OH is 3. The first-order chi connectivity index (χ1) is 25.3. The molecule has 6 rings (SSSR count). The predicted molar refractivity (Wildman–Crippen MR) is 193 cm³/mol. The molecule has 0 radical (unpaired) electrons. The van der Waals surface area contributed by atoms with Crippen molar-refractivity contribution in [3.05, 3.63) is 94.6 Å². The van der Waals surface area contributed by atoms with Crippen LogP contribution in [0.1, 0.15) is 75.1 Å². The molecule has 13 heteroatoms. The molecule has 3 fully saturated rings. The molecule has 1 unspecified atom stereocenters. The Morgan fingerprint density at radius 1 is 0.944 bits per heavy atom. The Kier molecular flexibility index (Phi) is 10.3. The maximum atomic E-state index is 14.7. The van der Waals surface area contributed by atoms with Crippen LogP contribution in [-0.4, -0.2) is 110 Å². The second-order valence-electron chi connectivity index (χ2n) is 16.1. The number of allylic oxidation sites excluding steroid dienone is 1. The third-order valence-corrected chi connectivity index (χ3v) is 12.3. The van der Waals surface area contributed by atoms with Crippen molar-refractivity contribution in [3.63, 3.8) is 0 Å². The van der Waals surface area contributed by atoms with Gasteiger partial charge in [0.05, 0.1) is 35.8 Å². The molecule has 2 bridgehead atoms. The molecule has 1 amide bonds. The number of fused-ring (bicyclic) bond motifs is 5. The Morgan fingerprint density at radius 3 is 2.09 bits per heavy atom. The van der Waals surface area contributed by atoms with E-state index < -0.39 is 101 Å². The van der Waals surface area contributed by atoms with Crippen LogP contribution < -0.4 is 5.32 Å². The van der Waals surface area contributed by atoms with E-state index in [1.54, 1.807) is 76.2 Å². The fourth-order valence-corrected chi connectivity index (χ4v) is 9.13. The molecule has 1 saturated heterocycles. The van der Waals surface area contributed by atoms with Crippen LogP contribution in [-0.2, 0) is 23.8 Å². The van der Waals surface area contributed by atoms with Gasteiger partial charge >= 0.3 is 11.9 Å². The number of esters is 2. The molecule has 290 valence electrons. The highest BCUT2D eigenvalue weighted by Crippen LogP contribution is 2.63. The highest BCUT2D eigenvalue weighted by atomic mass is 16.6. The van der Waals surface area contributed by atoms with Crippen LogP contribution in [0.3, 0.4) is 0 Å². The van der Waals surface area contributed by atoms with Gasteiger partial charge in [-0.3, -0.25) is 9.59 Å². The highest BCUT2D eigenvalue weighted by Gasteiger charge is 2.76. The minimum absolute atomic E-state index is 0.0293. The molecule has 2 aromatic carbocycles. The maximum absolute atomic E-state index is 14.7. The molecular weight excluding hydrogens is 698 g/mol. The van der Waals surface area contributed by atoms with Crippen molar-refractivity contribution in [2.24, 2.45) is 16.7 Å². The van der Waals surface area contributed by atoms with E-state index >= 15 is 0 Å². The molecule has 3 aliphatic carbocycles. The van der Waals surface area contributed by atoms with Gasteiger partial charge in [-0.2, -0.15) is 0 Å². The summed E-state index contributed by atoms with van der Waals surface area (Å²) < 4.78 is 17.8. The number of aliphatic hydroxyl groups is 5. The minimum atomic E-state index is -2.29. The Bertz CT molecular complexity index is 1870. The Labute approximate surface area is 313 Å². The molecule has 2 aromatic rings. The van der Waals surface area contributed by atoms with Crippen molar-refractivity contribution < 1.29 is 58.9 Å². The third-order valence-electron chi connectivity index (χ3n) is 12.3. The summed E-state index contributed by atoms with van der Waals surface area (Å²) in [4.78, 5) is 55.5. The second kappa shape index (κ2) is 14.1. The lowest BCUT2D eigenvalue weighted by atomic mass is 9.44. The van der Waals surface area contributed by atoms with Crippen LogP contribution in [0.4, 0.5) is 0 Å². The minimum Gasteiger partial charge on any atom is -0.456 e. The van der Waals surface area contributed by atoms with Crippen molar-refractivity contribution >= 4 is 23.6 Å². The average Bonchev–Trinajstić information content (AvgIpc) is 3.13. The molecule has 6 N–H and O–H groups in total. The van der Waals surface area contributed by atoms with E-state index in [1.807, 2.05) is 0 Å². The van der Waals surface area contributed by atoms with E-state index in [0.717, 1.165) is 0 Å². The summed E-state index contributed by atoms with van der Waals surface area (Å²) in [5.41, 5.74) is -6.48. The summed E-state index contributed by atoms with van der Waals surface area (Å²) in [5.74, 6) is -5.03. The summed E-state index contributed by atoms with van der Waals surface area (Å²) in [6, 6.07) is 14.9. The van der Waals surface area contributed by atoms with Gasteiger partial charge in [0.25, 0.3) is 5.91 Å². The molecule has 54 heavy (non-hydrogen) atoms. The number of carbonyl (C=O) groups is 4. The highest BCUT2D eigenvalue weighted by molar-refractivity contribution is 5.95. The van der Waals surface area contributed by atoms with Crippen LogP contribution in [0, 0.1) is 16.7 Å². The standard InChI is InChI=1S/C41H49NO12/c1-21(2)17-25(42-35(47)23-13-9-7-10-14-23)30(44)37(49)53-26-19-41(51)34(54-36(48)24-15-11-8-12-16-24)32-39(6,27(43)18-28-40(32,50)20-52-28)33(46)31(45)29(22(26)3)38(41,4)5/h7-17,25-28,30-32,34,43-45,50-51H,18-20H2,1-6H3,(H,42,47)/t25-,26?,27-,28+,30+,31+,32-,34-,39+,40-,41+/m0/s1. The number of ketones is 1. The summed E-state index contributed by atoms with van der Waals surface area (Å²) in [7, 11) is 0. The van der Waals surface area contributed by atoms with Crippen molar-refractivity contribution in [3.8, 4) is 0 Å². The Hall–Kier alpha value is -4.24. The zero-order valence-electron chi connectivity index (χ0n) is 31.2. The molecule has 0 spiro atoms. The number of amides is 1. The number of hydrogen-bond donors (Lipinski definition) is 6. The number of Topliss-reactive ketones (excluding diaryl/α,β-unsaturated/α-hetero) is 1. The van der Waals surface area contributed by atoms with E-state index in [0.29, 0.717) is 5.57 Å². The smallest absolute Gasteiger partial charge is 0.338 e. The summed E-state index contributed by atoms with van der Waals surface area (Å²) in [6.45, 7) is 9.16. The Balaban J connectivity index is 1.44. The van der Waals surface area contributed by atoms with Gasteiger partial charge in [0.15, 0.2) is 11.9 Å². The number of hydrogen-bond acceptors (Lipinski definition) is 12. The first-order valence-corrected chi connectivity index (χ1v) is 18.1. The normalized spacial score (nSPS) is 35.1. The first-order valence-electron chi connectivity index (χ1n) is 18.1. The lowest BCUT2D eigenvalue weighted by Gasteiger charge is -2.66. The van der Waals surface area contributed by atoms with Gasteiger partial charge in [-0.1, -0.05) is 61.9 Å². The van der Waals surface area contributed by atoms with Gasteiger partial charge < -0.3 is 45.1 Å². The van der Waals surface area contributed by atoms with Crippen LogP contribution in [0.25, 0.3) is 0 Å². The molecule has 1 heterocycles. The maximum Gasteiger partial charge on any atom is 0.338 e. The van der Waals surface area contributed by atoms with Crippen LogP contribution in [0.15, 0.2) is 83.5 Å². The van der Waals surface area contributed by atoms with E-state index in [1.165, 1.54) is 32.1 Å². The van der Waals surface area contributed by atoms with E-state index in [9.17, 15) is 44.7 Å². The Morgan fingerprint density at radius 2 is 1.54 bits per heavy atom. The number of ether oxygens (including phenoxy) is 3. The second-order valence-corrected chi connectivity index (χ2v) is 16.1. The largest absolute Gasteiger partial charge is 0.456 e. The first kappa shape index (κ1) is 39.5. The third kappa shape index (κ3) is 6.20. The van der Waals surface area contributed by atoms with Gasteiger partial charge in [0.1, 0.15) is 29.5 Å². The molecule has 0 aromatic heterocycles. The summed E-state index contributed by atoms with van der Waals surface area (Å²) >= 11 is 0. The van der Waals surface area contributed by atoms with Gasteiger partial charge in [-0.25, -0.2) is 9.59 Å².